The third kappa shape index (κ3) is 3.79. The Bertz CT molecular complexity index is 711. The second-order valence-corrected chi connectivity index (χ2v) is 6.34. The first-order chi connectivity index (χ1) is 11.6. The highest BCUT2D eigenvalue weighted by Crippen LogP contribution is 2.37. The van der Waals surface area contributed by atoms with Crippen molar-refractivity contribution in [3.05, 3.63) is 59.2 Å². The van der Waals surface area contributed by atoms with Crippen LogP contribution in [0, 0.1) is 6.92 Å². The van der Waals surface area contributed by atoms with Gasteiger partial charge in [0, 0.05) is 18.7 Å². The lowest BCUT2D eigenvalue weighted by Gasteiger charge is -2.24. The molecule has 0 saturated heterocycles. The van der Waals surface area contributed by atoms with Gasteiger partial charge in [-0.2, -0.15) is 0 Å². The van der Waals surface area contributed by atoms with Crippen molar-refractivity contribution >= 4 is 5.91 Å². The van der Waals surface area contributed by atoms with Crippen molar-refractivity contribution in [2.45, 2.75) is 38.7 Å². The molecule has 2 aromatic rings. The summed E-state index contributed by atoms with van der Waals surface area (Å²) in [4.78, 5) is 23.0. The number of carbonyl (C=O) groups excluding carboxylic acids is 1. The van der Waals surface area contributed by atoms with E-state index in [1.807, 2.05) is 38.1 Å². The molecule has 5 nitrogen and oxygen atoms in total. The van der Waals surface area contributed by atoms with Gasteiger partial charge in [0.1, 0.15) is 11.5 Å². The molecule has 1 amide bonds. The Kier molecular flexibility index (Phi) is 4.90. The van der Waals surface area contributed by atoms with Crippen molar-refractivity contribution in [3.63, 3.8) is 0 Å². The van der Waals surface area contributed by atoms with Crippen molar-refractivity contribution < 1.29 is 9.90 Å². The van der Waals surface area contributed by atoms with Crippen LogP contribution in [0.4, 0.5) is 0 Å². The van der Waals surface area contributed by atoms with Crippen LogP contribution >= 0.6 is 0 Å². The molecule has 5 heteroatoms. The molecular weight excluding hydrogens is 302 g/mol. The number of amides is 1. The van der Waals surface area contributed by atoms with E-state index in [1.165, 1.54) is 0 Å². The molecule has 1 atom stereocenters. The first kappa shape index (κ1) is 16.6. The minimum atomic E-state index is -0.709. The second kappa shape index (κ2) is 7.09. The third-order valence-electron chi connectivity index (χ3n) is 4.36. The third-order valence-corrected chi connectivity index (χ3v) is 4.36. The van der Waals surface area contributed by atoms with E-state index in [4.69, 9.17) is 0 Å². The lowest BCUT2D eigenvalue weighted by molar-refractivity contribution is 0.0629. The highest BCUT2D eigenvalue weighted by Gasteiger charge is 2.28. The molecule has 1 N–H and O–H groups in total. The molecule has 1 aromatic heterocycles. The maximum atomic E-state index is 12.7. The quantitative estimate of drug-likeness (QED) is 0.887. The molecule has 1 aliphatic rings. The van der Waals surface area contributed by atoms with Gasteiger partial charge in [0.25, 0.3) is 5.91 Å². The van der Waals surface area contributed by atoms with Crippen LogP contribution in [-0.2, 0) is 0 Å². The Balaban J connectivity index is 1.71. The van der Waals surface area contributed by atoms with Gasteiger partial charge in [-0.05, 0) is 38.3 Å². The van der Waals surface area contributed by atoms with Crippen LogP contribution in [0.2, 0.25) is 0 Å². The zero-order chi connectivity index (χ0) is 17.1. The van der Waals surface area contributed by atoms with E-state index < -0.39 is 6.10 Å². The standard InChI is InChI=1S/C19H23N3O2/c1-3-22(12-17(23)14-6-4-13(2)5-7-14)19(24)16-10-11-20-18(21-16)15-8-9-15/h4-7,10-11,15,17,23H,3,8-9,12H2,1-2H3. The van der Waals surface area contributed by atoms with Crippen molar-refractivity contribution in [2.24, 2.45) is 0 Å². The monoisotopic (exact) mass is 325 g/mol. The lowest BCUT2D eigenvalue weighted by atomic mass is 10.1. The maximum absolute atomic E-state index is 12.7. The minimum absolute atomic E-state index is 0.159. The summed E-state index contributed by atoms with van der Waals surface area (Å²) in [6.45, 7) is 4.68. The van der Waals surface area contributed by atoms with Crippen LogP contribution in [0.1, 0.15) is 59.2 Å². The molecule has 1 saturated carbocycles. The Hall–Kier alpha value is -2.27. The fraction of sp³-hybridized carbons (Fsp3) is 0.421. The summed E-state index contributed by atoms with van der Waals surface area (Å²) in [7, 11) is 0. The lowest BCUT2D eigenvalue weighted by Crippen LogP contribution is -2.35. The second-order valence-electron chi connectivity index (χ2n) is 6.34. The fourth-order valence-electron chi connectivity index (χ4n) is 2.65. The zero-order valence-corrected chi connectivity index (χ0v) is 14.1. The Morgan fingerprint density at radius 2 is 2.00 bits per heavy atom. The fourth-order valence-corrected chi connectivity index (χ4v) is 2.65. The summed E-state index contributed by atoms with van der Waals surface area (Å²) in [6.07, 6.45) is 3.14. The highest BCUT2D eigenvalue weighted by molar-refractivity contribution is 5.92. The molecule has 0 aliphatic heterocycles. The number of nitrogens with zero attached hydrogens (tertiary/aromatic N) is 3. The van der Waals surface area contributed by atoms with Crippen LogP contribution in [-0.4, -0.2) is 39.0 Å². The van der Waals surface area contributed by atoms with Gasteiger partial charge in [0.15, 0.2) is 0 Å². The van der Waals surface area contributed by atoms with Gasteiger partial charge in [-0.25, -0.2) is 9.97 Å². The molecule has 24 heavy (non-hydrogen) atoms. The number of aliphatic hydroxyl groups excluding tert-OH is 1. The van der Waals surface area contributed by atoms with Gasteiger partial charge >= 0.3 is 0 Å². The Morgan fingerprint density at radius 1 is 1.29 bits per heavy atom. The zero-order valence-electron chi connectivity index (χ0n) is 14.1. The molecule has 0 bridgehead atoms. The van der Waals surface area contributed by atoms with Crippen LogP contribution in [0.5, 0.6) is 0 Å². The summed E-state index contributed by atoms with van der Waals surface area (Å²) in [6, 6.07) is 9.36. The van der Waals surface area contributed by atoms with Crippen LogP contribution in [0.3, 0.4) is 0 Å². The number of rotatable bonds is 6. The van der Waals surface area contributed by atoms with Gasteiger partial charge in [-0.15, -0.1) is 0 Å². The van der Waals surface area contributed by atoms with E-state index >= 15 is 0 Å². The van der Waals surface area contributed by atoms with E-state index in [9.17, 15) is 9.90 Å². The summed E-state index contributed by atoms with van der Waals surface area (Å²) >= 11 is 0. The summed E-state index contributed by atoms with van der Waals surface area (Å²) in [5.74, 6) is 1.01. The normalized spacial score (nSPS) is 15.1. The Labute approximate surface area is 142 Å². The molecule has 3 rings (SSSR count). The minimum Gasteiger partial charge on any atom is -0.387 e. The van der Waals surface area contributed by atoms with Crippen LogP contribution in [0.15, 0.2) is 36.5 Å². The molecule has 0 spiro atoms. The van der Waals surface area contributed by atoms with E-state index in [0.717, 1.165) is 29.8 Å². The number of aryl methyl sites for hydroxylation is 1. The van der Waals surface area contributed by atoms with Crippen LogP contribution in [0.25, 0.3) is 0 Å². The number of benzene rings is 1. The van der Waals surface area contributed by atoms with Gasteiger partial charge in [-0.1, -0.05) is 29.8 Å². The smallest absolute Gasteiger partial charge is 0.272 e. The average Bonchev–Trinajstić information content (AvgIpc) is 3.44. The topological polar surface area (TPSA) is 66.3 Å². The predicted octanol–water partition coefficient (Wildman–Crippen LogP) is 2.86. The van der Waals surface area contributed by atoms with Crippen molar-refractivity contribution in [1.29, 1.82) is 0 Å². The van der Waals surface area contributed by atoms with E-state index in [0.29, 0.717) is 18.2 Å². The summed E-state index contributed by atoms with van der Waals surface area (Å²) in [5.41, 5.74) is 2.36. The largest absolute Gasteiger partial charge is 0.387 e. The van der Waals surface area contributed by atoms with Crippen molar-refractivity contribution in [2.75, 3.05) is 13.1 Å². The Morgan fingerprint density at radius 3 is 2.62 bits per heavy atom. The first-order valence-corrected chi connectivity index (χ1v) is 8.45. The molecule has 1 heterocycles. The highest BCUT2D eigenvalue weighted by atomic mass is 16.3. The molecule has 1 fully saturated rings. The van der Waals surface area contributed by atoms with Crippen molar-refractivity contribution in [3.8, 4) is 0 Å². The molecule has 0 radical (unpaired) electrons. The van der Waals surface area contributed by atoms with Crippen LogP contribution < -0.4 is 0 Å². The predicted molar refractivity (Wildman–Crippen MR) is 91.7 cm³/mol. The van der Waals surface area contributed by atoms with Gasteiger partial charge < -0.3 is 10.0 Å². The number of likely N-dealkylation sites (N-methyl/N-ethyl adjacent to an activating group) is 1. The molecular formula is C19H23N3O2. The number of carbonyl (C=O) groups is 1. The molecule has 1 unspecified atom stereocenters. The van der Waals surface area contributed by atoms with Gasteiger partial charge in [0.05, 0.1) is 12.6 Å². The maximum Gasteiger partial charge on any atom is 0.272 e. The number of hydrogen-bond acceptors (Lipinski definition) is 4. The molecule has 1 aliphatic carbocycles. The van der Waals surface area contributed by atoms with Gasteiger partial charge in [0.2, 0.25) is 0 Å². The number of hydrogen-bond donors (Lipinski definition) is 1. The molecule has 126 valence electrons. The average molecular weight is 325 g/mol. The van der Waals surface area contributed by atoms with E-state index in [-0.39, 0.29) is 12.5 Å². The molecule has 1 aromatic carbocycles. The first-order valence-electron chi connectivity index (χ1n) is 8.45. The van der Waals surface area contributed by atoms with E-state index in [1.54, 1.807) is 17.2 Å². The summed E-state index contributed by atoms with van der Waals surface area (Å²) < 4.78 is 0. The number of aromatic nitrogens is 2. The van der Waals surface area contributed by atoms with Crippen molar-refractivity contribution in [1.82, 2.24) is 14.9 Å². The summed E-state index contributed by atoms with van der Waals surface area (Å²) in [5, 5.41) is 10.4. The SMILES string of the molecule is CCN(CC(O)c1ccc(C)cc1)C(=O)c1ccnc(C2CC2)n1. The van der Waals surface area contributed by atoms with E-state index in [2.05, 4.69) is 9.97 Å². The van der Waals surface area contributed by atoms with Gasteiger partial charge in [-0.3, -0.25) is 4.79 Å². The number of aliphatic hydroxyl groups is 1.